The first kappa shape index (κ1) is 23.1. The van der Waals surface area contributed by atoms with E-state index in [0.29, 0.717) is 28.4 Å². The second-order valence-corrected chi connectivity index (χ2v) is 9.83. The number of sulfonamides is 1. The molecule has 0 bridgehead atoms. The van der Waals surface area contributed by atoms with Gasteiger partial charge in [0.2, 0.25) is 15.9 Å². The van der Waals surface area contributed by atoms with Crippen molar-refractivity contribution >= 4 is 44.8 Å². The lowest BCUT2D eigenvalue weighted by Gasteiger charge is -2.27. The van der Waals surface area contributed by atoms with Gasteiger partial charge in [-0.2, -0.15) is 4.31 Å². The quantitative estimate of drug-likeness (QED) is 0.680. The minimum absolute atomic E-state index is 0.000852. The molecule has 8 nitrogen and oxygen atoms in total. The van der Waals surface area contributed by atoms with Gasteiger partial charge in [0.15, 0.2) is 6.10 Å². The van der Waals surface area contributed by atoms with E-state index in [0.717, 1.165) is 9.87 Å². The van der Waals surface area contributed by atoms with Crippen molar-refractivity contribution in [3.8, 4) is 5.75 Å². The maximum absolute atomic E-state index is 13.1. The summed E-state index contributed by atoms with van der Waals surface area (Å²) in [6.45, 7) is 4.88. The predicted molar refractivity (Wildman–Crippen MR) is 119 cm³/mol. The summed E-state index contributed by atoms with van der Waals surface area (Å²) in [7, 11) is -2.68. The molecular formula is C21H24ClN3O5S. The van der Waals surface area contributed by atoms with E-state index >= 15 is 0 Å². The second-order valence-electron chi connectivity index (χ2n) is 7.41. The zero-order chi connectivity index (χ0) is 22.9. The van der Waals surface area contributed by atoms with Crippen LogP contribution in [0, 0.1) is 13.8 Å². The molecular weight excluding hydrogens is 442 g/mol. The molecule has 3 rings (SSSR count). The molecule has 0 aromatic heterocycles. The monoisotopic (exact) mass is 465 g/mol. The Bertz CT molecular complexity index is 1150. The number of benzene rings is 2. The molecule has 10 heteroatoms. The fourth-order valence-electron chi connectivity index (χ4n) is 3.20. The number of hydrogen-bond acceptors (Lipinski definition) is 5. The van der Waals surface area contributed by atoms with E-state index in [1.54, 1.807) is 38.1 Å². The van der Waals surface area contributed by atoms with Gasteiger partial charge >= 0.3 is 0 Å². The highest BCUT2D eigenvalue weighted by Crippen LogP contribution is 2.35. The van der Waals surface area contributed by atoms with Gasteiger partial charge in [0.25, 0.3) is 5.91 Å². The first-order valence-corrected chi connectivity index (χ1v) is 11.5. The molecule has 0 aliphatic carbocycles. The third-order valence-corrected chi connectivity index (χ3v) is 7.18. The van der Waals surface area contributed by atoms with E-state index in [9.17, 15) is 18.0 Å². The number of aryl methyl sites for hydroxylation is 2. The van der Waals surface area contributed by atoms with Crippen LogP contribution in [0.15, 0.2) is 35.2 Å². The van der Waals surface area contributed by atoms with E-state index in [4.69, 9.17) is 16.3 Å². The van der Waals surface area contributed by atoms with Crippen LogP contribution in [0.3, 0.4) is 0 Å². The molecule has 0 fully saturated rings. The van der Waals surface area contributed by atoms with Crippen molar-refractivity contribution in [2.45, 2.75) is 38.2 Å². The molecule has 1 atom stereocenters. The third kappa shape index (κ3) is 4.84. The van der Waals surface area contributed by atoms with Crippen LogP contribution < -0.4 is 15.4 Å². The number of anilines is 2. The smallest absolute Gasteiger partial charge is 0.265 e. The molecule has 0 saturated carbocycles. The minimum Gasteiger partial charge on any atom is -0.478 e. The molecule has 31 heavy (non-hydrogen) atoms. The standard InChI is InChI=1S/C21H24ClN3O5S/c1-5-17-21(27)24-16-9-13(3)19(10-18(16)30-17)31(28,29)25(4)11-20(26)23-15-7-6-12(2)8-14(15)22/h6-10,17H,5,11H2,1-4H3,(H,23,26)(H,24,27). The van der Waals surface area contributed by atoms with Crippen molar-refractivity contribution in [3.05, 3.63) is 46.5 Å². The molecule has 1 heterocycles. The summed E-state index contributed by atoms with van der Waals surface area (Å²) < 4.78 is 32.9. The van der Waals surface area contributed by atoms with Crippen LogP contribution in [0.2, 0.25) is 5.02 Å². The van der Waals surface area contributed by atoms with Crippen molar-refractivity contribution < 1.29 is 22.7 Å². The van der Waals surface area contributed by atoms with Crippen LogP contribution in [0.25, 0.3) is 0 Å². The van der Waals surface area contributed by atoms with Crippen LogP contribution in [0.4, 0.5) is 11.4 Å². The Hall–Kier alpha value is -2.62. The Balaban J connectivity index is 1.80. The number of carbonyl (C=O) groups is 2. The van der Waals surface area contributed by atoms with Crippen LogP contribution in [-0.4, -0.2) is 44.2 Å². The minimum atomic E-state index is -4.00. The van der Waals surface area contributed by atoms with Crippen LogP contribution in [-0.2, 0) is 19.6 Å². The van der Waals surface area contributed by atoms with E-state index in [2.05, 4.69) is 10.6 Å². The molecule has 1 aliphatic rings. The van der Waals surface area contributed by atoms with Crippen LogP contribution in [0.1, 0.15) is 24.5 Å². The molecule has 0 spiro atoms. The van der Waals surface area contributed by atoms with Gasteiger partial charge in [-0.05, 0) is 49.6 Å². The Labute approximate surface area is 186 Å². The van der Waals surface area contributed by atoms with E-state index < -0.39 is 28.6 Å². The van der Waals surface area contributed by atoms with Crippen molar-refractivity contribution in [3.63, 3.8) is 0 Å². The summed E-state index contributed by atoms with van der Waals surface area (Å²) in [5, 5.41) is 5.72. The highest BCUT2D eigenvalue weighted by Gasteiger charge is 2.31. The van der Waals surface area contributed by atoms with Crippen LogP contribution in [0.5, 0.6) is 5.75 Å². The average Bonchev–Trinajstić information content (AvgIpc) is 2.69. The molecule has 2 aromatic rings. The van der Waals surface area contributed by atoms with Gasteiger partial charge in [-0.1, -0.05) is 24.6 Å². The average molecular weight is 466 g/mol. The van der Waals surface area contributed by atoms with Crippen LogP contribution >= 0.6 is 11.6 Å². The molecule has 1 aliphatic heterocycles. The van der Waals surface area contributed by atoms with Gasteiger partial charge in [0.1, 0.15) is 5.75 Å². The highest BCUT2D eigenvalue weighted by atomic mass is 35.5. The zero-order valence-electron chi connectivity index (χ0n) is 17.7. The number of rotatable bonds is 6. The van der Waals surface area contributed by atoms with Gasteiger partial charge in [0.05, 0.1) is 27.8 Å². The number of halogens is 1. The zero-order valence-corrected chi connectivity index (χ0v) is 19.2. The number of nitrogens with one attached hydrogen (secondary N) is 2. The van der Waals surface area contributed by atoms with E-state index in [1.807, 2.05) is 6.92 Å². The van der Waals surface area contributed by atoms with Gasteiger partial charge in [-0.3, -0.25) is 9.59 Å². The molecule has 1 unspecified atom stereocenters. The normalized spacial score (nSPS) is 15.8. The highest BCUT2D eigenvalue weighted by molar-refractivity contribution is 7.89. The lowest BCUT2D eigenvalue weighted by molar-refractivity contribution is -0.123. The maximum atomic E-state index is 13.1. The summed E-state index contributed by atoms with van der Waals surface area (Å²) in [6.07, 6.45) is -0.239. The van der Waals surface area contributed by atoms with Crippen molar-refractivity contribution in [1.82, 2.24) is 4.31 Å². The van der Waals surface area contributed by atoms with Crippen molar-refractivity contribution in [2.75, 3.05) is 24.2 Å². The Kier molecular flexibility index (Phi) is 6.59. The molecule has 0 saturated heterocycles. The summed E-state index contributed by atoms with van der Waals surface area (Å²) in [5.41, 5.74) is 2.18. The molecule has 166 valence electrons. The van der Waals surface area contributed by atoms with Gasteiger partial charge < -0.3 is 15.4 Å². The number of ether oxygens (including phenoxy) is 1. The van der Waals surface area contributed by atoms with E-state index in [-0.39, 0.29) is 16.6 Å². The summed E-state index contributed by atoms with van der Waals surface area (Å²) in [6, 6.07) is 8.09. The lowest BCUT2D eigenvalue weighted by Crippen LogP contribution is -2.37. The number of nitrogens with zero attached hydrogens (tertiary/aromatic N) is 1. The predicted octanol–water partition coefficient (Wildman–Crippen LogP) is 3.33. The largest absolute Gasteiger partial charge is 0.478 e. The maximum Gasteiger partial charge on any atom is 0.265 e. The molecule has 2 aromatic carbocycles. The summed E-state index contributed by atoms with van der Waals surface area (Å²) in [5.74, 6) is -0.518. The Morgan fingerprint density at radius 1 is 1.26 bits per heavy atom. The molecule has 2 N–H and O–H groups in total. The third-order valence-electron chi connectivity index (χ3n) is 4.92. The lowest BCUT2D eigenvalue weighted by atomic mass is 10.1. The topological polar surface area (TPSA) is 105 Å². The SMILES string of the molecule is CCC1Oc2cc(S(=O)(=O)N(C)CC(=O)Nc3ccc(C)cc3Cl)c(C)cc2NC1=O. The van der Waals surface area contributed by atoms with Gasteiger partial charge in [-0.25, -0.2) is 8.42 Å². The Morgan fingerprint density at radius 2 is 1.97 bits per heavy atom. The Morgan fingerprint density at radius 3 is 2.61 bits per heavy atom. The summed E-state index contributed by atoms with van der Waals surface area (Å²) >= 11 is 6.13. The van der Waals surface area contributed by atoms with Crippen molar-refractivity contribution in [2.24, 2.45) is 0 Å². The number of hydrogen-bond donors (Lipinski definition) is 2. The number of carbonyl (C=O) groups excluding carboxylic acids is 2. The molecule has 2 amide bonds. The van der Waals surface area contributed by atoms with Gasteiger partial charge in [0, 0.05) is 13.1 Å². The van der Waals surface area contributed by atoms with E-state index in [1.165, 1.54) is 13.1 Å². The first-order valence-electron chi connectivity index (χ1n) is 9.67. The number of fused-ring (bicyclic) bond motifs is 1. The van der Waals surface area contributed by atoms with Crippen molar-refractivity contribution in [1.29, 1.82) is 0 Å². The second kappa shape index (κ2) is 8.86. The molecule has 0 radical (unpaired) electrons. The fraction of sp³-hybridized carbons (Fsp3) is 0.333. The number of amides is 2. The number of likely N-dealkylation sites (N-methyl/N-ethyl adjacent to an activating group) is 1. The summed E-state index contributed by atoms with van der Waals surface area (Å²) in [4.78, 5) is 24.4. The van der Waals surface area contributed by atoms with Gasteiger partial charge in [-0.15, -0.1) is 0 Å². The fourth-order valence-corrected chi connectivity index (χ4v) is 4.82. The first-order chi connectivity index (χ1) is 14.5.